The van der Waals surface area contributed by atoms with E-state index in [2.05, 4.69) is 19.9 Å². The second-order valence-electron chi connectivity index (χ2n) is 6.36. The Labute approximate surface area is 146 Å². The summed E-state index contributed by atoms with van der Waals surface area (Å²) in [5.74, 6) is 2.57. The van der Waals surface area contributed by atoms with Crippen LogP contribution in [-0.2, 0) is 16.0 Å². The van der Waals surface area contributed by atoms with E-state index in [-0.39, 0.29) is 6.04 Å². The number of nitrogens with zero attached hydrogens (tertiary/aromatic N) is 5. The molecular formula is C17H23N5O3. The van der Waals surface area contributed by atoms with Crippen molar-refractivity contribution >= 4 is 5.82 Å². The van der Waals surface area contributed by atoms with Gasteiger partial charge in [0.25, 0.3) is 0 Å². The van der Waals surface area contributed by atoms with Gasteiger partial charge in [-0.05, 0) is 13.0 Å². The fourth-order valence-corrected chi connectivity index (χ4v) is 3.26. The van der Waals surface area contributed by atoms with E-state index in [0.29, 0.717) is 19.8 Å². The lowest BCUT2D eigenvalue weighted by molar-refractivity contribution is -0.0168. The number of ether oxygens (including phenoxy) is 2. The molecule has 0 aliphatic carbocycles. The van der Waals surface area contributed by atoms with Crippen molar-refractivity contribution in [1.82, 2.24) is 20.0 Å². The second kappa shape index (κ2) is 7.47. The summed E-state index contributed by atoms with van der Waals surface area (Å²) in [7, 11) is 0. The summed E-state index contributed by atoms with van der Waals surface area (Å²) in [6.45, 7) is 7.92. The third-order valence-corrected chi connectivity index (χ3v) is 4.57. The number of anilines is 1. The van der Waals surface area contributed by atoms with Crippen LogP contribution in [0, 0.1) is 6.92 Å². The van der Waals surface area contributed by atoms with Gasteiger partial charge in [-0.3, -0.25) is 4.90 Å². The molecule has 2 aromatic heterocycles. The van der Waals surface area contributed by atoms with Crippen molar-refractivity contribution in [1.29, 1.82) is 0 Å². The van der Waals surface area contributed by atoms with Gasteiger partial charge in [-0.15, -0.1) is 0 Å². The van der Waals surface area contributed by atoms with Crippen LogP contribution >= 0.6 is 0 Å². The number of aromatic nitrogens is 3. The highest BCUT2D eigenvalue weighted by atomic mass is 16.5. The van der Waals surface area contributed by atoms with Crippen LogP contribution in [0.25, 0.3) is 0 Å². The highest BCUT2D eigenvalue weighted by molar-refractivity contribution is 5.38. The molecule has 2 aromatic rings. The predicted molar refractivity (Wildman–Crippen MR) is 90.3 cm³/mol. The Balaban J connectivity index is 1.53. The maximum absolute atomic E-state index is 5.70. The van der Waals surface area contributed by atoms with Crippen molar-refractivity contribution in [3.8, 4) is 0 Å². The van der Waals surface area contributed by atoms with Gasteiger partial charge < -0.3 is 18.9 Å². The largest absolute Gasteiger partial charge is 0.378 e. The van der Waals surface area contributed by atoms with Crippen molar-refractivity contribution in [2.45, 2.75) is 19.5 Å². The molecule has 0 saturated carbocycles. The number of morpholine rings is 2. The van der Waals surface area contributed by atoms with E-state index in [4.69, 9.17) is 19.0 Å². The minimum absolute atomic E-state index is 0.0201. The highest BCUT2D eigenvalue weighted by Gasteiger charge is 2.28. The molecule has 4 heterocycles. The zero-order chi connectivity index (χ0) is 17.1. The van der Waals surface area contributed by atoms with Crippen molar-refractivity contribution in [2.75, 3.05) is 51.0 Å². The van der Waals surface area contributed by atoms with Crippen molar-refractivity contribution < 1.29 is 14.0 Å². The van der Waals surface area contributed by atoms with Crippen LogP contribution in [0.5, 0.6) is 0 Å². The van der Waals surface area contributed by atoms with Gasteiger partial charge in [0.05, 0.1) is 38.2 Å². The van der Waals surface area contributed by atoms with Gasteiger partial charge in [-0.25, -0.2) is 9.97 Å². The number of hydrogen-bond donors (Lipinski definition) is 0. The molecule has 0 amide bonds. The lowest BCUT2D eigenvalue weighted by Crippen LogP contribution is -2.40. The van der Waals surface area contributed by atoms with Gasteiger partial charge in [0.1, 0.15) is 17.4 Å². The molecule has 8 nitrogen and oxygen atoms in total. The molecule has 8 heteroatoms. The molecular weight excluding hydrogens is 322 g/mol. The molecule has 1 atom stereocenters. The molecule has 2 fully saturated rings. The van der Waals surface area contributed by atoms with E-state index < -0.39 is 0 Å². The SMILES string of the molecule is Cc1cc(CN2CCOC[C@@H]2c2nccc(N3CCOCC3)n2)no1. The van der Waals surface area contributed by atoms with Crippen molar-refractivity contribution in [3.63, 3.8) is 0 Å². The molecule has 0 radical (unpaired) electrons. The van der Waals surface area contributed by atoms with E-state index >= 15 is 0 Å². The Bertz CT molecular complexity index is 701. The second-order valence-corrected chi connectivity index (χ2v) is 6.36. The van der Waals surface area contributed by atoms with Gasteiger partial charge in [0.15, 0.2) is 0 Å². The molecule has 134 valence electrons. The maximum atomic E-state index is 5.70. The van der Waals surface area contributed by atoms with E-state index in [1.807, 2.05) is 25.3 Å². The Hall–Kier alpha value is -2.03. The third kappa shape index (κ3) is 3.81. The van der Waals surface area contributed by atoms with E-state index in [9.17, 15) is 0 Å². The Morgan fingerprint density at radius 3 is 2.80 bits per heavy atom. The topological polar surface area (TPSA) is 76.8 Å². The summed E-state index contributed by atoms with van der Waals surface area (Å²) in [6, 6.07) is 3.95. The first-order valence-corrected chi connectivity index (χ1v) is 8.69. The van der Waals surface area contributed by atoms with Crippen LogP contribution in [0.2, 0.25) is 0 Å². The first-order valence-electron chi connectivity index (χ1n) is 8.69. The lowest BCUT2D eigenvalue weighted by Gasteiger charge is -2.34. The van der Waals surface area contributed by atoms with Gasteiger partial charge in [-0.2, -0.15) is 0 Å². The van der Waals surface area contributed by atoms with E-state index in [1.165, 1.54) is 0 Å². The summed E-state index contributed by atoms with van der Waals surface area (Å²) in [5.41, 5.74) is 0.925. The average molecular weight is 345 g/mol. The van der Waals surface area contributed by atoms with Crippen LogP contribution in [0.1, 0.15) is 23.3 Å². The summed E-state index contributed by atoms with van der Waals surface area (Å²) < 4.78 is 16.3. The fourth-order valence-electron chi connectivity index (χ4n) is 3.26. The zero-order valence-electron chi connectivity index (χ0n) is 14.4. The fraction of sp³-hybridized carbons (Fsp3) is 0.588. The van der Waals surface area contributed by atoms with Crippen LogP contribution in [0.4, 0.5) is 5.82 Å². The summed E-state index contributed by atoms with van der Waals surface area (Å²) in [5, 5.41) is 4.11. The van der Waals surface area contributed by atoms with Gasteiger partial charge in [0.2, 0.25) is 0 Å². The van der Waals surface area contributed by atoms with Crippen LogP contribution < -0.4 is 4.90 Å². The van der Waals surface area contributed by atoms with Gasteiger partial charge in [0, 0.05) is 38.4 Å². The molecule has 0 N–H and O–H groups in total. The van der Waals surface area contributed by atoms with Crippen molar-refractivity contribution in [3.05, 3.63) is 35.6 Å². The first-order chi connectivity index (χ1) is 12.3. The van der Waals surface area contributed by atoms with Gasteiger partial charge >= 0.3 is 0 Å². The molecule has 0 unspecified atom stereocenters. The Kier molecular flexibility index (Phi) is 4.91. The minimum atomic E-state index is 0.0201. The molecule has 4 rings (SSSR count). The van der Waals surface area contributed by atoms with Gasteiger partial charge in [-0.1, -0.05) is 5.16 Å². The maximum Gasteiger partial charge on any atom is 0.150 e. The molecule has 2 aliphatic heterocycles. The summed E-state index contributed by atoms with van der Waals surface area (Å²) in [4.78, 5) is 13.9. The molecule has 0 aromatic carbocycles. The Morgan fingerprint density at radius 1 is 1.16 bits per heavy atom. The number of hydrogen-bond acceptors (Lipinski definition) is 8. The monoisotopic (exact) mass is 345 g/mol. The number of rotatable bonds is 4. The summed E-state index contributed by atoms with van der Waals surface area (Å²) >= 11 is 0. The van der Waals surface area contributed by atoms with Crippen molar-refractivity contribution in [2.24, 2.45) is 0 Å². The quantitative estimate of drug-likeness (QED) is 0.818. The van der Waals surface area contributed by atoms with Crippen LogP contribution in [0.15, 0.2) is 22.9 Å². The van der Waals surface area contributed by atoms with E-state index in [0.717, 1.165) is 55.9 Å². The standard InChI is InChI=1S/C17H23N5O3/c1-13-10-14(20-25-13)11-22-6-9-24-12-15(22)17-18-3-2-16(19-17)21-4-7-23-8-5-21/h2-3,10,15H,4-9,11-12H2,1H3/t15-/m1/s1. The summed E-state index contributed by atoms with van der Waals surface area (Å²) in [6.07, 6.45) is 1.83. The first kappa shape index (κ1) is 16.4. The zero-order valence-corrected chi connectivity index (χ0v) is 14.4. The normalized spacial score (nSPS) is 22.3. The third-order valence-electron chi connectivity index (χ3n) is 4.57. The van der Waals surface area contributed by atoms with Crippen LogP contribution in [0.3, 0.4) is 0 Å². The predicted octanol–water partition coefficient (Wildman–Crippen LogP) is 1.18. The lowest BCUT2D eigenvalue weighted by atomic mass is 10.2. The van der Waals surface area contributed by atoms with E-state index in [1.54, 1.807) is 0 Å². The molecule has 25 heavy (non-hydrogen) atoms. The molecule has 2 aliphatic rings. The average Bonchev–Trinajstić information content (AvgIpc) is 3.08. The smallest absolute Gasteiger partial charge is 0.150 e. The molecule has 2 saturated heterocycles. The molecule has 0 spiro atoms. The highest BCUT2D eigenvalue weighted by Crippen LogP contribution is 2.25. The van der Waals surface area contributed by atoms with Crippen LogP contribution in [-0.4, -0.2) is 66.1 Å². The Morgan fingerprint density at radius 2 is 2.00 bits per heavy atom. The number of aryl methyl sites for hydroxylation is 1. The minimum Gasteiger partial charge on any atom is -0.378 e. The molecule has 0 bridgehead atoms.